The van der Waals surface area contributed by atoms with Crippen molar-refractivity contribution in [2.75, 3.05) is 38.2 Å². The van der Waals surface area contributed by atoms with Crippen molar-refractivity contribution in [3.63, 3.8) is 0 Å². The number of aliphatic hydroxyl groups is 2. The average Bonchev–Trinajstić information content (AvgIpc) is 2.57. The van der Waals surface area contributed by atoms with Gasteiger partial charge < -0.3 is 15.5 Å². The number of carbonyl (C=O) groups excluding carboxylic acids is 1. The summed E-state index contributed by atoms with van der Waals surface area (Å²) in [6.45, 7) is 4.49. The summed E-state index contributed by atoms with van der Waals surface area (Å²) >= 11 is 0. The molecule has 0 fully saturated rings. The molecule has 0 aromatic carbocycles. The summed E-state index contributed by atoms with van der Waals surface area (Å²) in [6, 6.07) is 0. The summed E-state index contributed by atoms with van der Waals surface area (Å²) in [6.07, 6.45) is 0. The van der Waals surface area contributed by atoms with Gasteiger partial charge in [0.15, 0.2) is 0 Å². The van der Waals surface area contributed by atoms with Crippen molar-refractivity contribution in [3.8, 4) is 0 Å². The maximum absolute atomic E-state index is 11.9. The Bertz CT molecular complexity index is 425. The molecule has 0 aliphatic heterocycles. The Morgan fingerprint density at radius 1 is 1.32 bits per heavy atom. The van der Waals surface area contributed by atoms with E-state index in [2.05, 4.69) is 10.4 Å². The lowest BCUT2D eigenvalue weighted by Gasteiger charge is -2.19. The molecule has 7 nitrogen and oxygen atoms in total. The molecular formula is C12H22N4O3. The fourth-order valence-corrected chi connectivity index (χ4v) is 1.89. The monoisotopic (exact) mass is 270 g/mol. The van der Waals surface area contributed by atoms with E-state index >= 15 is 0 Å². The highest BCUT2D eigenvalue weighted by Crippen LogP contribution is 2.17. The number of nitrogens with zero attached hydrogens (tertiary/aromatic N) is 3. The Kier molecular flexibility index (Phi) is 5.94. The van der Waals surface area contributed by atoms with Gasteiger partial charge >= 0.3 is 0 Å². The van der Waals surface area contributed by atoms with Crippen LogP contribution in [0, 0.1) is 13.8 Å². The van der Waals surface area contributed by atoms with Gasteiger partial charge in [0.1, 0.15) is 0 Å². The molecular weight excluding hydrogens is 248 g/mol. The van der Waals surface area contributed by atoms with Crippen LogP contribution < -0.4 is 5.32 Å². The first kappa shape index (κ1) is 15.6. The van der Waals surface area contributed by atoms with Gasteiger partial charge in [0.25, 0.3) is 0 Å². The van der Waals surface area contributed by atoms with Crippen LogP contribution in [-0.2, 0) is 11.8 Å². The first-order chi connectivity index (χ1) is 8.99. The highest BCUT2D eigenvalue weighted by Gasteiger charge is 2.14. The minimum atomic E-state index is -0.180. The standard InChI is InChI=1S/C12H22N4O3/c1-9-12(10(2)15(3)14-9)13-11(19)8-16(4-6-17)5-7-18/h17-18H,4-8H2,1-3H3,(H,13,19). The Morgan fingerprint density at radius 2 is 1.89 bits per heavy atom. The minimum Gasteiger partial charge on any atom is -0.395 e. The molecule has 108 valence electrons. The maximum atomic E-state index is 11.9. The number of aromatic nitrogens is 2. The highest BCUT2D eigenvalue weighted by atomic mass is 16.3. The summed E-state index contributed by atoms with van der Waals surface area (Å²) < 4.78 is 1.71. The molecule has 0 bridgehead atoms. The number of hydrogen-bond acceptors (Lipinski definition) is 5. The second kappa shape index (κ2) is 7.22. The quantitative estimate of drug-likeness (QED) is 0.607. The van der Waals surface area contributed by atoms with Crippen LogP contribution >= 0.6 is 0 Å². The normalized spacial score (nSPS) is 11.1. The molecule has 1 rings (SSSR count). The minimum absolute atomic E-state index is 0.0434. The molecule has 3 N–H and O–H groups in total. The lowest BCUT2D eigenvalue weighted by atomic mass is 10.3. The summed E-state index contributed by atoms with van der Waals surface area (Å²) in [5.41, 5.74) is 2.38. The fourth-order valence-electron chi connectivity index (χ4n) is 1.89. The van der Waals surface area contributed by atoms with Gasteiger partial charge in [-0.3, -0.25) is 14.4 Å². The second-order valence-electron chi connectivity index (χ2n) is 4.44. The average molecular weight is 270 g/mol. The van der Waals surface area contributed by atoms with Crippen molar-refractivity contribution >= 4 is 11.6 Å². The van der Waals surface area contributed by atoms with Crippen LogP contribution in [-0.4, -0.2) is 63.6 Å². The van der Waals surface area contributed by atoms with Gasteiger partial charge in [-0.25, -0.2) is 0 Å². The van der Waals surface area contributed by atoms with Crippen molar-refractivity contribution in [1.82, 2.24) is 14.7 Å². The number of carbonyl (C=O) groups is 1. The van der Waals surface area contributed by atoms with Crippen LogP contribution in [0.2, 0.25) is 0 Å². The summed E-state index contributed by atoms with van der Waals surface area (Å²) in [7, 11) is 1.82. The van der Waals surface area contributed by atoms with E-state index in [1.165, 1.54) is 0 Å². The van der Waals surface area contributed by atoms with E-state index in [4.69, 9.17) is 10.2 Å². The summed E-state index contributed by atoms with van der Waals surface area (Å²) in [5.74, 6) is -0.180. The van der Waals surface area contributed by atoms with Crippen molar-refractivity contribution in [2.24, 2.45) is 7.05 Å². The number of aryl methyl sites for hydroxylation is 2. The molecule has 19 heavy (non-hydrogen) atoms. The summed E-state index contributed by atoms with van der Waals surface area (Å²) in [4.78, 5) is 13.6. The molecule has 0 aliphatic carbocycles. The van der Waals surface area contributed by atoms with Gasteiger partial charge in [-0.1, -0.05) is 0 Å². The molecule has 0 saturated heterocycles. The van der Waals surface area contributed by atoms with Crippen LogP contribution in [0.5, 0.6) is 0 Å². The zero-order valence-corrected chi connectivity index (χ0v) is 11.7. The molecule has 1 heterocycles. The van der Waals surface area contributed by atoms with Crippen molar-refractivity contribution in [1.29, 1.82) is 0 Å². The fraction of sp³-hybridized carbons (Fsp3) is 0.667. The van der Waals surface area contributed by atoms with E-state index in [1.807, 2.05) is 20.9 Å². The van der Waals surface area contributed by atoms with Gasteiger partial charge in [-0.15, -0.1) is 0 Å². The SMILES string of the molecule is Cc1nn(C)c(C)c1NC(=O)CN(CCO)CCO. The van der Waals surface area contributed by atoms with E-state index in [1.54, 1.807) is 9.58 Å². The zero-order chi connectivity index (χ0) is 14.4. The largest absolute Gasteiger partial charge is 0.395 e. The van der Waals surface area contributed by atoms with E-state index < -0.39 is 0 Å². The number of aliphatic hydroxyl groups excluding tert-OH is 2. The van der Waals surface area contributed by atoms with Crippen LogP contribution in [0.3, 0.4) is 0 Å². The predicted octanol–water partition coefficient (Wildman–Crippen LogP) is -0.738. The van der Waals surface area contributed by atoms with Crippen molar-refractivity contribution in [2.45, 2.75) is 13.8 Å². The van der Waals surface area contributed by atoms with Crippen LogP contribution in [0.15, 0.2) is 0 Å². The molecule has 0 atom stereocenters. The Morgan fingerprint density at radius 3 is 2.32 bits per heavy atom. The molecule has 0 unspecified atom stereocenters. The lowest BCUT2D eigenvalue weighted by Crippen LogP contribution is -2.37. The van der Waals surface area contributed by atoms with Gasteiger partial charge in [-0.05, 0) is 13.8 Å². The third-order valence-corrected chi connectivity index (χ3v) is 2.97. The first-order valence-electron chi connectivity index (χ1n) is 6.23. The third kappa shape index (κ3) is 4.30. The number of amides is 1. The van der Waals surface area contributed by atoms with E-state index in [9.17, 15) is 4.79 Å². The van der Waals surface area contributed by atoms with Crippen LogP contribution in [0.1, 0.15) is 11.4 Å². The molecule has 0 saturated carbocycles. The van der Waals surface area contributed by atoms with E-state index in [0.717, 1.165) is 17.1 Å². The number of nitrogens with one attached hydrogen (secondary N) is 1. The van der Waals surface area contributed by atoms with Crippen molar-refractivity contribution in [3.05, 3.63) is 11.4 Å². The topological polar surface area (TPSA) is 90.6 Å². The maximum Gasteiger partial charge on any atom is 0.238 e. The second-order valence-corrected chi connectivity index (χ2v) is 4.44. The van der Waals surface area contributed by atoms with Crippen LogP contribution in [0.25, 0.3) is 0 Å². The lowest BCUT2D eigenvalue weighted by molar-refractivity contribution is -0.117. The predicted molar refractivity (Wildman–Crippen MR) is 71.9 cm³/mol. The Labute approximate surface area is 112 Å². The molecule has 1 aromatic rings. The molecule has 0 spiro atoms. The van der Waals surface area contributed by atoms with E-state index in [-0.39, 0.29) is 25.7 Å². The van der Waals surface area contributed by atoms with Crippen molar-refractivity contribution < 1.29 is 15.0 Å². The summed E-state index contributed by atoms with van der Waals surface area (Å²) in [5, 5.41) is 24.8. The van der Waals surface area contributed by atoms with Crippen LogP contribution in [0.4, 0.5) is 5.69 Å². The molecule has 1 amide bonds. The zero-order valence-electron chi connectivity index (χ0n) is 11.7. The smallest absolute Gasteiger partial charge is 0.238 e. The highest BCUT2D eigenvalue weighted by molar-refractivity contribution is 5.93. The molecule has 7 heteroatoms. The molecule has 0 aliphatic rings. The molecule has 0 radical (unpaired) electrons. The van der Waals surface area contributed by atoms with Gasteiger partial charge in [0.2, 0.25) is 5.91 Å². The van der Waals surface area contributed by atoms with Gasteiger partial charge in [-0.2, -0.15) is 5.10 Å². The number of anilines is 1. The third-order valence-electron chi connectivity index (χ3n) is 2.97. The Hall–Kier alpha value is -1.44. The first-order valence-corrected chi connectivity index (χ1v) is 6.23. The number of rotatable bonds is 7. The molecule has 1 aromatic heterocycles. The van der Waals surface area contributed by atoms with Gasteiger partial charge in [0, 0.05) is 20.1 Å². The number of hydrogen-bond donors (Lipinski definition) is 3. The van der Waals surface area contributed by atoms with Gasteiger partial charge in [0.05, 0.1) is 36.8 Å². The Balaban J connectivity index is 2.63. The van der Waals surface area contributed by atoms with E-state index in [0.29, 0.717) is 13.1 Å².